The van der Waals surface area contributed by atoms with E-state index in [1.54, 1.807) is 14.2 Å². The third-order valence-corrected chi connectivity index (χ3v) is 7.81. The monoisotopic (exact) mass is 538 g/mol. The molecule has 216 valence electrons. The molecule has 1 aromatic carbocycles. The molecular weight excluding hydrogens is 488 g/mol. The number of anilines is 1. The van der Waals surface area contributed by atoms with Crippen LogP contribution in [-0.4, -0.2) is 55.9 Å². The largest absolute Gasteiger partial charge is 0.493 e. The number of benzene rings is 1. The normalized spacial score (nSPS) is 20.6. The van der Waals surface area contributed by atoms with Crippen LogP contribution in [0.25, 0.3) is 0 Å². The molecule has 1 aliphatic carbocycles. The Kier molecular flexibility index (Phi) is 12.1. The molecule has 0 radical (unpaired) electrons. The predicted octanol–water partition coefficient (Wildman–Crippen LogP) is 6.91. The van der Waals surface area contributed by atoms with E-state index >= 15 is 0 Å². The van der Waals surface area contributed by atoms with Crippen LogP contribution >= 0.6 is 0 Å². The van der Waals surface area contributed by atoms with Crippen molar-refractivity contribution in [2.45, 2.75) is 104 Å². The van der Waals surface area contributed by atoms with E-state index in [0.717, 1.165) is 49.4 Å². The van der Waals surface area contributed by atoms with Crippen molar-refractivity contribution in [3.05, 3.63) is 41.2 Å². The first-order valence-electron chi connectivity index (χ1n) is 15.0. The Hall–Kier alpha value is -2.56. The Morgan fingerprint density at radius 1 is 0.949 bits per heavy atom. The van der Waals surface area contributed by atoms with Crippen molar-refractivity contribution in [2.75, 3.05) is 38.8 Å². The molecule has 2 unspecified atom stereocenters. The topological polar surface area (TPSA) is 72.5 Å². The highest BCUT2D eigenvalue weighted by Crippen LogP contribution is 2.54. The Bertz CT molecular complexity index is 1040. The highest BCUT2D eigenvalue weighted by Gasteiger charge is 2.55. The van der Waals surface area contributed by atoms with Crippen LogP contribution in [0.5, 0.6) is 5.75 Å². The molecule has 7 nitrogen and oxygen atoms in total. The number of rotatable bonds is 17. The summed E-state index contributed by atoms with van der Waals surface area (Å²) >= 11 is 0. The minimum Gasteiger partial charge on any atom is -0.493 e. The molecule has 0 saturated heterocycles. The standard InChI is InChI=1S/C32H50N4O3/c1-8-11-16-35(17-12-9-2)24-14-15-25(28(19-24)39-22-23(4)5)29-31(37-6)30(32(29)38-7)26-21-36(18-13-10-3)34-27(26)20-33/h14-15,19,21,23,29-32H,8-13,16-18,22H2,1-7H3. The van der Waals surface area contributed by atoms with Gasteiger partial charge in [-0.15, -0.1) is 0 Å². The lowest BCUT2D eigenvalue weighted by Crippen LogP contribution is -2.53. The number of unbranched alkanes of at least 4 members (excludes halogenated alkanes) is 3. The smallest absolute Gasteiger partial charge is 0.166 e. The summed E-state index contributed by atoms with van der Waals surface area (Å²) in [6.07, 6.45) is 8.52. The summed E-state index contributed by atoms with van der Waals surface area (Å²) in [5, 5.41) is 14.4. The third-order valence-electron chi connectivity index (χ3n) is 7.81. The summed E-state index contributed by atoms with van der Waals surface area (Å²) in [6, 6.07) is 8.98. The average Bonchev–Trinajstić information content (AvgIpc) is 3.33. The van der Waals surface area contributed by atoms with E-state index in [4.69, 9.17) is 14.2 Å². The van der Waals surface area contributed by atoms with Crippen LogP contribution in [0.2, 0.25) is 0 Å². The van der Waals surface area contributed by atoms with Gasteiger partial charge in [-0.05, 0) is 31.2 Å². The Balaban J connectivity index is 1.98. The van der Waals surface area contributed by atoms with Crippen molar-refractivity contribution in [3.8, 4) is 11.8 Å². The Morgan fingerprint density at radius 2 is 1.56 bits per heavy atom. The van der Waals surface area contributed by atoms with E-state index in [1.165, 1.54) is 31.4 Å². The van der Waals surface area contributed by atoms with Gasteiger partial charge in [-0.25, -0.2) is 0 Å². The van der Waals surface area contributed by atoms with Crippen molar-refractivity contribution in [3.63, 3.8) is 0 Å². The molecule has 7 heteroatoms. The SMILES string of the molecule is CCCCN(CCCC)c1ccc(C2C(OC)C(c3cn(CCCC)nc3C#N)C2OC)c(OCC(C)C)c1. The summed E-state index contributed by atoms with van der Waals surface area (Å²) in [4.78, 5) is 2.49. The molecule has 2 atom stereocenters. The maximum absolute atomic E-state index is 9.87. The van der Waals surface area contributed by atoms with Crippen LogP contribution in [0.4, 0.5) is 5.69 Å². The molecule has 39 heavy (non-hydrogen) atoms. The highest BCUT2D eigenvalue weighted by atomic mass is 16.5. The first-order chi connectivity index (χ1) is 18.9. The van der Waals surface area contributed by atoms with Gasteiger partial charge in [-0.1, -0.05) is 59.9 Å². The number of ether oxygens (including phenoxy) is 3. The maximum Gasteiger partial charge on any atom is 0.166 e. The number of aryl methyl sites for hydroxylation is 1. The molecule has 1 aromatic heterocycles. The van der Waals surface area contributed by atoms with Gasteiger partial charge in [0.2, 0.25) is 0 Å². The molecule has 1 aliphatic rings. The lowest BCUT2D eigenvalue weighted by molar-refractivity contribution is -0.116. The van der Waals surface area contributed by atoms with Gasteiger partial charge >= 0.3 is 0 Å². The summed E-state index contributed by atoms with van der Waals surface area (Å²) in [5.41, 5.74) is 3.70. The lowest BCUT2D eigenvalue weighted by Gasteiger charge is -2.50. The van der Waals surface area contributed by atoms with Crippen LogP contribution in [0.1, 0.15) is 102 Å². The van der Waals surface area contributed by atoms with Crippen LogP contribution in [-0.2, 0) is 16.0 Å². The van der Waals surface area contributed by atoms with Gasteiger partial charge in [-0.3, -0.25) is 4.68 Å². The first-order valence-corrected chi connectivity index (χ1v) is 15.0. The summed E-state index contributed by atoms with van der Waals surface area (Å²) in [6.45, 7) is 14.5. The first kappa shape index (κ1) is 31.0. The van der Waals surface area contributed by atoms with Gasteiger partial charge in [0.05, 0.1) is 18.8 Å². The van der Waals surface area contributed by atoms with Crippen molar-refractivity contribution < 1.29 is 14.2 Å². The van der Waals surface area contributed by atoms with Crippen molar-refractivity contribution >= 4 is 5.69 Å². The van der Waals surface area contributed by atoms with Crippen LogP contribution in [0, 0.1) is 17.2 Å². The molecule has 2 aromatic rings. The zero-order chi connectivity index (χ0) is 28.4. The summed E-state index contributed by atoms with van der Waals surface area (Å²) in [7, 11) is 3.51. The molecule has 0 bridgehead atoms. The third kappa shape index (κ3) is 7.35. The van der Waals surface area contributed by atoms with Crippen LogP contribution < -0.4 is 9.64 Å². The molecule has 0 aliphatic heterocycles. The van der Waals surface area contributed by atoms with Crippen LogP contribution in [0.15, 0.2) is 24.4 Å². The van der Waals surface area contributed by atoms with Gasteiger partial charge in [0.15, 0.2) is 5.69 Å². The molecule has 0 spiro atoms. The van der Waals surface area contributed by atoms with Gasteiger partial charge in [0, 0.05) is 74.8 Å². The van der Waals surface area contributed by atoms with E-state index in [9.17, 15) is 5.26 Å². The molecule has 1 heterocycles. The Morgan fingerprint density at radius 3 is 2.10 bits per heavy atom. The quantitative estimate of drug-likeness (QED) is 0.218. The second-order valence-electron chi connectivity index (χ2n) is 11.2. The average molecular weight is 539 g/mol. The number of methoxy groups -OCH3 is 2. The van der Waals surface area contributed by atoms with Gasteiger partial charge < -0.3 is 19.1 Å². The van der Waals surface area contributed by atoms with E-state index in [2.05, 4.69) is 68.9 Å². The molecule has 3 rings (SSSR count). The highest BCUT2D eigenvalue weighted by molar-refractivity contribution is 5.56. The fourth-order valence-electron chi connectivity index (χ4n) is 5.62. The van der Waals surface area contributed by atoms with Gasteiger partial charge in [0.1, 0.15) is 11.8 Å². The van der Waals surface area contributed by atoms with Crippen molar-refractivity contribution in [1.29, 1.82) is 5.26 Å². The fraction of sp³-hybridized carbons (Fsp3) is 0.688. The van der Waals surface area contributed by atoms with Crippen molar-refractivity contribution in [1.82, 2.24) is 9.78 Å². The predicted molar refractivity (Wildman–Crippen MR) is 158 cm³/mol. The maximum atomic E-state index is 9.87. The van der Waals surface area contributed by atoms with E-state index in [-0.39, 0.29) is 24.0 Å². The number of hydrogen-bond donors (Lipinski definition) is 0. The molecular formula is C32H50N4O3. The number of aromatic nitrogens is 2. The molecule has 0 amide bonds. The second-order valence-corrected chi connectivity index (χ2v) is 11.2. The minimum absolute atomic E-state index is 0.00789. The Labute approximate surface area is 236 Å². The number of nitriles is 1. The molecule has 1 fully saturated rings. The van der Waals surface area contributed by atoms with Gasteiger partial charge in [0.25, 0.3) is 0 Å². The van der Waals surface area contributed by atoms with E-state index < -0.39 is 0 Å². The van der Waals surface area contributed by atoms with Gasteiger partial charge in [-0.2, -0.15) is 10.4 Å². The second kappa shape index (κ2) is 15.3. The summed E-state index contributed by atoms with van der Waals surface area (Å²) < 4.78 is 20.6. The number of hydrogen-bond acceptors (Lipinski definition) is 6. The van der Waals surface area contributed by atoms with E-state index in [1.807, 2.05) is 10.9 Å². The zero-order valence-electron chi connectivity index (χ0n) is 25.3. The fourth-order valence-corrected chi connectivity index (χ4v) is 5.62. The summed E-state index contributed by atoms with van der Waals surface area (Å²) in [5.74, 6) is 1.24. The molecule has 1 saturated carbocycles. The number of nitrogens with zero attached hydrogens (tertiary/aromatic N) is 4. The lowest BCUT2D eigenvalue weighted by atomic mass is 9.63. The van der Waals surface area contributed by atoms with Crippen molar-refractivity contribution in [2.24, 2.45) is 5.92 Å². The minimum atomic E-state index is -0.144. The molecule has 0 N–H and O–H groups in total. The van der Waals surface area contributed by atoms with Crippen LogP contribution in [0.3, 0.4) is 0 Å². The zero-order valence-corrected chi connectivity index (χ0v) is 25.3. The van der Waals surface area contributed by atoms with E-state index in [0.29, 0.717) is 18.2 Å².